The van der Waals surface area contributed by atoms with Gasteiger partial charge in [-0.25, -0.2) is 4.98 Å². The van der Waals surface area contributed by atoms with Gasteiger partial charge in [0, 0.05) is 19.3 Å². The second-order valence-electron chi connectivity index (χ2n) is 7.29. The highest BCUT2D eigenvalue weighted by molar-refractivity contribution is 5.47. The number of fused-ring (bicyclic) bond motifs is 1. The number of hydrogen-bond acceptors (Lipinski definition) is 6. The van der Waals surface area contributed by atoms with Crippen molar-refractivity contribution in [2.75, 3.05) is 23.4 Å². The molecule has 6 nitrogen and oxygen atoms in total. The normalized spacial score (nSPS) is 16.3. The third-order valence-electron chi connectivity index (χ3n) is 5.01. The van der Waals surface area contributed by atoms with Gasteiger partial charge in [-0.15, -0.1) is 0 Å². The van der Waals surface area contributed by atoms with Crippen LogP contribution in [-0.2, 0) is 13.0 Å². The molecule has 26 heavy (non-hydrogen) atoms. The molecule has 0 saturated carbocycles. The highest BCUT2D eigenvalue weighted by Gasteiger charge is 2.20. The Bertz CT molecular complexity index is 748. The van der Waals surface area contributed by atoms with E-state index in [9.17, 15) is 10.2 Å². The van der Waals surface area contributed by atoms with Crippen LogP contribution in [0.1, 0.15) is 43.6 Å². The largest absolute Gasteiger partial charge is 0.394 e. The van der Waals surface area contributed by atoms with Crippen molar-refractivity contribution in [3.8, 4) is 0 Å². The van der Waals surface area contributed by atoms with E-state index in [0.29, 0.717) is 5.95 Å². The van der Waals surface area contributed by atoms with E-state index in [1.54, 1.807) is 13.1 Å². The monoisotopic (exact) mass is 356 g/mol. The summed E-state index contributed by atoms with van der Waals surface area (Å²) < 4.78 is 0. The smallest absolute Gasteiger partial charge is 0.224 e. The maximum atomic E-state index is 9.76. The van der Waals surface area contributed by atoms with Crippen LogP contribution in [0.2, 0.25) is 0 Å². The van der Waals surface area contributed by atoms with Crippen molar-refractivity contribution in [2.24, 2.45) is 5.92 Å². The van der Waals surface area contributed by atoms with Gasteiger partial charge in [-0.05, 0) is 42.0 Å². The standard InChI is InChI=1S/C20H28N4O2/c1-13(2)18(12-25)22-20-21-8-6-19(23-20)24-9-7-16-10-15(14(3)26)4-5-17(16)11-24/h4-6,8,10,13-14,18,25-26H,7,9,11-12H2,1-3H3,(H,21,22,23)/t14-,18-/m0/s1. The summed E-state index contributed by atoms with van der Waals surface area (Å²) in [7, 11) is 0. The Labute approximate surface area is 154 Å². The quantitative estimate of drug-likeness (QED) is 0.738. The summed E-state index contributed by atoms with van der Waals surface area (Å²) in [6.07, 6.45) is 2.24. The van der Waals surface area contributed by atoms with Gasteiger partial charge in [0.15, 0.2) is 0 Å². The molecule has 0 unspecified atom stereocenters. The lowest BCUT2D eigenvalue weighted by molar-refractivity contribution is 0.199. The first kappa shape index (κ1) is 18.6. The SMILES string of the molecule is CC(C)[C@H](CO)Nc1nccc(N2CCc3cc([C@H](C)O)ccc3C2)n1. The van der Waals surface area contributed by atoms with E-state index in [1.807, 2.05) is 12.1 Å². The van der Waals surface area contributed by atoms with Gasteiger partial charge < -0.3 is 20.4 Å². The number of aromatic nitrogens is 2. The summed E-state index contributed by atoms with van der Waals surface area (Å²) in [6, 6.07) is 8.06. The maximum Gasteiger partial charge on any atom is 0.224 e. The highest BCUT2D eigenvalue weighted by Crippen LogP contribution is 2.26. The molecule has 2 aromatic rings. The number of hydrogen-bond donors (Lipinski definition) is 3. The second-order valence-corrected chi connectivity index (χ2v) is 7.29. The number of rotatable bonds is 6. The average Bonchev–Trinajstić information content (AvgIpc) is 2.65. The summed E-state index contributed by atoms with van der Waals surface area (Å²) >= 11 is 0. The van der Waals surface area contributed by atoms with E-state index in [4.69, 9.17) is 0 Å². The van der Waals surface area contributed by atoms with Crippen LogP contribution in [0.15, 0.2) is 30.5 Å². The zero-order valence-electron chi connectivity index (χ0n) is 15.7. The molecule has 1 aliphatic rings. The molecule has 140 valence electrons. The molecule has 3 N–H and O–H groups in total. The van der Waals surface area contributed by atoms with Gasteiger partial charge in [0.1, 0.15) is 5.82 Å². The lowest BCUT2D eigenvalue weighted by Crippen LogP contribution is -2.33. The van der Waals surface area contributed by atoms with Crippen LogP contribution in [0.25, 0.3) is 0 Å². The molecule has 2 heterocycles. The molecule has 6 heteroatoms. The van der Waals surface area contributed by atoms with Gasteiger partial charge in [0.2, 0.25) is 5.95 Å². The van der Waals surface area contributed by atoms with Crippen LogP contribution in [0.5, 0.6) is 0 Å². The lowest BCUT2D eigenvalue weighted by Gasteiger charge is -2.30. The van der Waals surface area contributed by atoms with Gasteiger partial charge in [0.05, 0.1) is 18.8 Å². The summed E-state index contributed by atoms with van der Waals surface area (Å²) in [5, 5.41) is 22.5. The number of anilines is 2. The summed E-state index contributed by atoms with van der Waals surface area (Å²) in [4.78, 5) is 11.2. The van der Waals surface area contributed by atoms with Gasteiger partial charge in [-0.1, -0.05) is 32.0 Å². The minimum Gasteiger partial charge on any atom is -0.394 e. The Hall–Kier alpha value is -2.18. The number of nitrogens with one attached hydrogen (secondary N) is 1. The van der Waals surface area contributed by atoms with Crippen LogP contribution in [0, 0.1) is 5.92 Å². The van der Waals surface area contributed by atoms with Crippen LogP contribution in [0.4, 0.5) is 11.8 Å². The Morgan fingerprint density at radius 1 is 1.19 bits per heavy atom. The van der Waals surface area contributed by atoms with E-state index >= 15 is 0 Å². The van der Waals surface area contributed by atoms with Crippen LogP contribution in [0.3, 0.4) is 0 Å². The van der Waals surface area contributed by atoms with Gasteiger partial charge in [0.25, 0.3) is 0 Å². The molecule has 2 atom stereocenters. The molecule has 3 rings (SSSR count). The minimum absolute atomic E-state index is 0.0496. The Balaban J connectivity index is 1.75. The molecule has 1 aromatic carbocycles. The topological polar surface area (TPSA) is 81.5 Å². The predicted molar refractivity (Wildman–Crippen MR) is 103 cm³/mol. The first-order valence-electron chi connectivity index (χ1n) is 9.23. The molecule has 1 aliphatic heterocycles. The molecule has 0 fully saturated rings. The fourth-order valence-electron chi connectivity index (χ4n) is 3.21. The van der Waals surface area contributed by atoms with Crippen molar-refractivity contribution in [2.45, 2.75) is 45.9 Å². The molecule has 0 bridgehead atoms. The number of nitrogens with zero attached hydrogens (tertiary/aromatic N) is 3. The van der Waals surface area contributed by atoms with Gasteiger partial charge in [-0.2, -0.15) is 4.98 Å². The predicted octanol–water partition coefficient (Wildman–Crippen LogP) is 2.52. The van der Waals surface area contributed by atoms with Crippen LogP contribution < -0.4 is 10.2 Å². The molecule has 0 radical (unpaired) electrons. The Morgan fingerprint density at radius 3 is 2.69 bits per heavy atom. The van der Waals surface area contributed by atoms with E-state index < -0.39 is 6.10 Å². The maximum absolute atomic E-state index is 9.76. The second kappa shape index (κ2) is 8.01. The van der Waals surface area contributed by atoms with Crippen molar-refractivity contribution in [3.63, 3.8) is 0 Å². The van der Waals surface area contributed by atoms with E-state index in [1.165, 1.54) is 11.1 Å². The highest BCUT2D eigenvalue weighted by atomic mass is 16.3. The zero-order chi connectivity index (χ0) is 18.7. The number of benzene rings is 1. The average molecular weight is 356 g/mol. The fraction of sp³-hybridized carbons (Fsp3) is 0.500. The third-order valence-corrected chi connectivity index (χ3v) is 5.01. The Kier molecular flexibility index (Phi) is 5.74. The van der Waals surface area contributed by atoms with Gasteiger partial charge in [-0.3, -0.25) is 0 Å². The first-order chi connectivity index (χ1) is 12.5. The van der Waals surface area contributed by atoms with E-state index in [-0.39, 0.29) is 18.6 Å². The van der Waals surface area contributed by atoms with Crippen molar-refractivity contribution in [1.29, 1.82) is 0 Å². The van der Waals surface area contributed by atoms with Crippen molar-refractivity contribution in [3.05, 3.63) is 47.2 Å². The molecule has 0 spiro atoms. The molecular formula is C20H28N4O2. The summed E-state index contributed by atoms with van der Waals surface area (Å²) in [5.74, 6) is 1.72. The van der Waals surface area contributed by atoms with Crippen molar-refractivity contribution >= 4 is 11.8 Å². The molecule has 0 amide bonds. The summed E-state index contributed by atoms with van der Waals surface area (Å²) in [6.45, 7) is 7.62. The minimum atomic E-state index is -0.436. The number of aliphatic hydroxyl groups excluding tert-OH is 2. The van der Waals surface area contributed by atoms with Crippen LogP contribution in [-0.4, -0.2) is 39.4 Å². The third kappa shape index (κ3) is 4.14. The first-order valence-corrected chi connectivity index (χ1v) is 9.23. The molecule has 0 saturated heterocycles. The van der Waals surface area contributed by atoms with E-state index in [2.05, 4.69) is 46.2 Å². The molecule has 1 aromatic heterocycles. The van der Waals surface area contributed by atoms with Crippen LogP contribution >= 0.6 is 0 Å². The van der Waals surface area contributed by atoms with Crippen molar-refractivity contribution in [1.82, 2.24) is 9.97 Å². The summed E-state index contributed by atoms with van der Waals surface area (Å²) in [5.41, 5.74) is 3.53. The lowest BCUT2D eigenvalue weighted by atomic mass is 9.96. The number of aliphatic hydroxyl groups is 2. The van der Waals surface area contributed by atoms with E-state index in [0.717, 1.165) is 30.9 Å². The molecule has 0 aliphatic carbocycles. The van der Waals surface area contributed by atoms with Gasteiger partial charge >= 0.3 is 0 Å². The van der Waals surface area contributed by atoms with Crippen molar-refractivity contribution < 1.29 is 10.2 Å². The fourth-order valence-corrected chi connectivity index (χ4v) is 3.21. The molecular weight excluding hydrogens is 328 g/mol. The zero-order valence-corrected chi connectivity index (χ0v) is 15.7. The Morgan fingerprint density at radius 2 is 2.00 bits per heavy atom.